The fourth-order valence-corrected chi connectivity index (χ4v) is 3.07. The molecule has 92 valence electrons. The number of nitrogens with zero attached hydrogens (tertiary/aromatic N) is 3. The Morgan fingerprint density at radius 1 is 1.29 bits per heavy atom. The third kappa shape index (κ3) is 2.14. The second-order valence-electron chi connectivity index (χ2n) is 5.48. The van der Waals surface area contributed by atoms with Crippen molar-refractivity contribution in [2.24, 2.45) is 5.41 Å². The van der Waals surface area contributed by atoms with Crippen LogP contribution in [0.25, 0.3) is 0 Å². The fraction of sp³-hybridized carbons (Fsp3) is 0.692. The molecule has 4 nitrogen and oxygen atoms in total. The van der Waals surface area contributed by atoms with Crippen molar-refractivity contribution in [3.05, 3.63) is 17.8 Å². The van der Waals surface area contributed by atoms with Crippen LogP contribution in [0, 0.1) is 12.3 Å². The third-order valence-electron chi connectivity index (χ3n) is 4.11. The van der Waals surface area contributed by atoms with Gasteiger partial charge in [-0.05, 0) is 44.9 Å². The molecule has 0 bridgehead atoms. The van der Waals surface area contributed by atoms with Crippen molar-refractivity contribution in [2.75, 3.05) is 31.1 Å². The molecule has 2 saturated heterocycles. The molecule has 0 radical (unpaired) electrons. The number of aryl methyl sites for hydroxylation is 1. The lowest BCUT2D eigenvalue weighted by molar-refractivity contribution is 0.239. The molecular formula is C13H20N4. The Hall–Kier alpha value is -1.16. The van der Waals surface area contributed by atoms with Crippen LogP contribution in [0.3, 0.4) is 0 Å². The lowest BCUT2D eigenvalue weighted by Gasteiger charge is -2.33. The van der Waals surface area contributed by atoms with Crippen LogP contribution in [-0.2, 0) is 0 Å². The zero-order valence-corrected chi connectivity index (χ0v) is 10.4. The number of hydrogen-bond donors (Lipinski definition) is 1. The summed E-state index contributed by atoms with van der Waals surface area (Å²) < 4.78 is 0. The smallest absolute Gasteiger partial charge is 0.151 e. The van der Waals surface area contributed by atoms with Crippen LogP contribution in [-0.4, -0.2) is 36.4 Å². The second-order valence-corrected chi connectivity index (χ2v) is 5.48. The third-order valence-corrected chi connectivity index (χ3v) is 4.11. The van der Waals surface area contributed by atoms with Crippen molar-refractivity contribution in [1.29, 1.82) is 0 Å². The molecule has 1 aromatic rings. The van der Waals surface area contributed by atoms with Gasteiger partial charge in [-0.15, -0.1) is 5.10 Å². The van der Waals surface area contributed by atoms with Crippen LogP contribution in [0.1, 0.15) is 25.0 Å². The minimum absolute atomic E-state index is 0.491. The first kappa shape index (κ1) is 11.0. The van der Waals surface area contributed by atoms with E-state index in [4.69, 9.17) is 0 Å². The van der Waals surface area contributed by atoms with Gasteiger partial charge in [-0.3, -0.25) is 0 Å². The summed E-state index contributed by atoms with van der Waals surface area (Å²) in [7, 11) is 0. The highest BCUT2D eigenvalue weighted by Crippen LogP contribution is 2.37. The van der Waals surface area contributed by atoms with E-state index in [1.807, 2.05) is 13.0 Å². The summed E-state index contributed by atoms with van der Waals surface area (Å²) >= 11 is 0. The van der Waals surface area contributed by atoms with E-state index in [9.17, 15) is 0 Å². The fourth-order valence-electron chi connectivity index (χ4n) is 3.07. The summed E-state index contributed by atoms with van der Waals surface area (Å²) in [5.41, 5.74) is 1.48. The Bertz CT molecular complexity index is 381. The predicted octanol–water partition coefficient (Wildman–Crippen LogP) is 1.36. The highest BCUT2D eigenvalue weighted by Gasteiger charge is 2.39. The summed E-state index contributed by atoms with van der Waals surface area (Å²) in [6, 6.07) is 4.14. The van der Waals surface area contributed by atoms with Gasteiger partial charge in [0, 0.05) is 25.0 Å². The highest BCUT2D eigenvalue weighted by molar-refractivity contribution is 5.39. The molecule has 17 heavy (non-hydrogen) atoms. The molecule has 0 amide bonds. The monoisotopic (exact) mass is 232 g/mol. The second kappa shape index (κ2) is 4.26. The van der Waals surface area contributed by atoms with Crippen molar-refractivity contribution in [3.63, 3.8) is 0 Å². The summed E-state index contributed by atoms with van der Waals surface area (Å²) in [6.45, 7) is 6.60. The SMILES string of the molecule is Cc1ccc(N2CCC3(CCCNC3)C2)nn1. The summed E-state index contributed by atoms with van der Waals surface area (Å²) in [5, 5.41) is 12.0. The van der Waals surface area contributed by atoms with E-state index >= 15 is 0 Å². The molecule has 2 aliphatic heterocycles. The Labute approximate surface area is 102 Å². The molecular weight excluding hydrogens is 212 g/mol. The highest BCUT2D eigenvalue weighted by atomic mass is 15.3. The molecule has 2 aliphatic rings. The van der Waals surface area contributed by atoms with Gasteiger partial charge in [-0.25, -0.2) is 0 Å². The van der Waals surface area contributed by atoms with Crippen LogP contribution in [0.5, 0.6) is 0 Å². The Balaban J connectivity index is 1.72. The van der Waals surface area contributed by atoms with E-state index in [2.05, 4.69) is 26.5 Å². The molecule has 3 heterocycles. The lowest BCUT2D eigenvalue weighted by Crippen LogP contribution is -2.42. The molecule has 4 heteroatoms. The zero-order valence-electron chi connectivity index (χ0n) is 10.4. The predicted molar refractivity (Wildman–Crippen MR) is 68.1 cm³/mol. The first-order valence-electron chi connectivity index (χ1n) is 6.54. The largest absolute Gasteiger partial charge is 0.355 e. The van der Waals surface area contributed by atoms with Crippen LogP contribution < -0.4 is 10.2 Å². The van der Waals surface area contributed by atoms with Crippen LogP contribution in [0.4, 0.5) is 5.82 Å². The van der Waals surface area contributed by atoms with E-state index < -0.39 is 0 Å². The van der Waals surface area contributed by atoms with Gasteiger partial charge in [0.15, 0.2) is 5.82 Å². The Morgan fingerprint density at radius 2 is 2.24 bits per heavy atom. The van der Waals surface area contributed by atoms with E-state index in [1.54, 1.807) is 0 Å². The Kier molecular flexibility index (Phi) is 2.74. The summed E-state index contributed by atoms with van der Waals surface area (Å²) in [6.07, 6.45) is 3.96. The average Bonchev–Trinajstić information content (AvgIpc) is 2.75. The molecule has 1 N–H and O–H groups in total. The van der Waals surface area contributed by atoms with Gasteiger partial charge in [0.25, 0.3) is 0 Å². The van der Waals surface area contributed by atoms with Gasteiger partial charge in [-0.2, -0.15) is 5.10 Å². The molecule has 1 spiro atoms. The number of rotatable bonds is 1. The molecule has 0 saturated carbocycles. The Morgan fingerprint density at radius 3 is 2.94 bits per heavy atom. The summed E-state index contributed by atoms with van der Waals surface area (Å²) in [5.74, 6) is 1.04. The number of nitrogens with one attached hydrogen (secondary N) is 1. The topological polar surface area (TPSA) is 41.0 Å². The van der Waals surface area contributed by atoms with Gasteiger partial charge in [-0.1, -0.05) is 0 Å². The van der Waals surface area contributed by atoms with Crippen LogP contribution in [0.15, 0.2) is 12.1 Å². The molecule has 0 aromatic carbocycles. The average molecular weight is 232 g/mol. The maximum Gasteiger partial charge on any atom is 0.151 e. The van der Waals surface area contributed by atoms with Gasteiger partial charge in [0.05, 0.1) is 5.69 Å². The van der Waals surface area contributed by atoms with Crippen molar-refractivity contribution in [1.82, 2.24) is 15.5 Å². The zero-order chi connectivity index (χ0) is 11.7. The van der Waals surface area contributed by atoms with Gasteiger partial charge < -0.3 is 10.2 Å². The molecule has 3 rings (SSSR count). The van der Waals surface area contributed by atoms with Crippen molar-refractivity contribution >= 4 is 5.82 Å². The summed E-state index contributed by atoms with van der Waals surface area (Å²) in [4.78, 5) is 2.39. The molecule has 2 fully saturated rings. The first-order valence-corrected chi connectivity index (χ1v) is 6.54. The number of hydrogen-bond acceptors (Lipinski definition) is 4. The van der Waals surface area contributed by atoms with Crippen molar-refractivity contribution in [2.45, 2.75) is 26.2 Å². The molecule has 1 unspecified atom stereocenters. The van der Waals surface area contributed by atoms with E-state index in [1.165, 1.54) is 32.4 Å². The molecule has 0 aliphatic carbocycles. The first-order chi connectivity index (χ1) is 8.27. The van der Waals surface area contributed by atoms with Crippen molar-refractivity contribution in [3.8, 4) is 0 Å². The van der Waals surface area contributed by atoms with E-state index in [0.29, 0.717) is 5.41 Å². The minimum atomic E-state index is 0.491. The van der Waals surface area contributed by atoms with E-state index in [0.717, 1.165) is 24.6 Å². The van der Waals surface area contributed by atoms with Crippen LogP contribution in [0.2, 0.25) is 0 Å². The van der Waals surface area contributed by atoms with Gasteiger partial charge in [0.2, 0.25) is 0 Å². The number of aromatic nitrogens is 2. The number of anilines is 1. The normalized spacial score (nSPS) is 28.9. The lowest BCUT2D eigenvalue weighted by atomic mass is 9.80. The van der Waals surface area contributed by atoms with E-state index in [-0.39, 0.29) is 0 Å². The number of piperidine rings is 1. The van der Waals surface area contributed by atoms with Crippen LogP contribution >= 0.6 is 0 Å². The molecule has 1 aromatic heterocycles. The minimum Gasteiger partial charge on any atom is -0.355 e. The molecule has 1 atom stereocenters. The van der Waals surface area contributed by atoms with Gasteiger partial charge >= 0.3 is 0 Å². The maximum atomic E-state index is 4.29. The quantitative estimate of drug-likeness (QED) is 0.794. The standard InChI is InChI=1S/C13H20N4/c1-11-3-4-12(16-15-11)17-8-6-13(10-17)5-2-7-14-9-13/h3-4,14H,2,5-10H2,1H3. The maximum absolute atomic E-state index is 4.29. The van der Waals surface area contributed by atoms with Gasteiger partial charge in [0.1, 0.15) is 0 Å². The van der Waals surface area contributed by atoms with Crippen molar-refractivity contribution < 1.29 is 0 Å².